The zero-order chi connectivity index (χ0) is 13.3. The summed E-state index contributed by atoms with van der Waals surface area (Å²) in [6.07, 6.45) is -1.50. The van der Waals surface area contributed by atoms with E-state index in [0.29, 0.717) is 13.0 Å². The van der Waals surface area contributed by atoms with Crippen LogP contribution in [-0.2, 0) is 4.74 Å². The Balaban J connectivity index is 2.62. The number of nitrogens with zero attached hydrogens (tertiary/aromatic N) is 2. The van der Waals surface area contributed by atoms with Gasteiger partial charge in [0.15, 0.2) is 0 Å². The molecule has 0 aromatic heterocycles. The van der Waals surface area contributed by atoms with E-state index in [0.717, 1.165) is 0 Å². The number of alkyl halides is 1. The first-order valence-electron chi connectivity index (χ1n) is 5.71. The zero-order valence-corrected chi connectivity index (χ0v) is 10.8. The van der Waals surface area contributed by atoms with Crippen LogP contribution >= 0.6 is 0 Å². The second-order valence-electron chi connectivity index (χ2n) is 5.67. The topological polar surface area (TPSA) is 53.3 Å². The molecule has 2 unspecified atom stereocenters. The summed E-state index contributed by atoms with van der Waals surface area (Å²) in [5.74, 6) is 0. The minimum absolute atomic E-state index is 0.0705. The Kier molecular flexibility index (Phi) is 3.65. The first-order valence-corrected chi connectivity index (χ1v) is 5.71. The van der Waals surface area contributed by atoms with E-state index in [4.69, 9.17) is 10.00 Å². The molecule has 0 radical (unpaired) electrons. The Hall–Kier alpha value is -1.31. The van der Waals surface area contributed by atoms with E-state index in [-0.39, 0.29) is 6.54 Å². The van der Waals surface area contributed by atoms with Crippen molar-refractivity contribution in [1.82, 2.24) is 4.90 Å². The first-order chi connectivity index (χ1) is 7.68. The molecule has 1 aliphatic heterocycles. The van der Waals surface area contributed by atoms with Crippen molar-refractivity contribution in [3.05, 3.63) is 0 Å². The van der Waals surface area contributed by atoms with Gasteiger partial charge in [-0.25, -0.2) is 9.18 Å². The third-order valence-electron chi connectivity index (χ3n) is 2.88. The van der Waals surface area contributed by atoms with Gasteiger partial charge < -0.3 is 9.64 Å². The van der Waals surface area contributed by atoms with Crippen LogP contribution in [0.2, 0.25) is 0 Å². The minimum Gasteiger partial charge on any atom is -0.444 e. The molecule has 2 atom stereocenters. The van der Waals surface area contributed by atoms with E-state index in [9.17, 15) is 9.18 Å². The van der Waals surface area contributed by atoms with Gasteiger partial charge in [0, 0.05) is 6.54 Å². The number of halogens is 1. The van der Waals surface area contributed by atoms with Crippen molar-refractivity contribution >= 4 is 6.09 Å². The molecule has 1 fully saturated rings. The summed E-state index contributed by atoms with van der Waals surface area (Å²) in [4.78, 5) is 13.0. The number of amides is 1. The number of hydrogen-bond donors (Lipinski definition) is 0. The molecule has 4 nitrogen and oxygen atoms in total. The molecule has 96 valence electrons. The van der Waals surface area contributed by atoms with Gasteiger partial charge in [0.1, 0.15) is 11.8 Å². The molecule has 1 saturated heterocycles. The van der Waals surface area contributed by atoms with E-state index in [1.807, 2.05) is 6.07 Å². The molecule has 0 saturated carbocycles. The Morgan fingerprint density at radius 2 is 2.18 bits per heavy atom. The summed E-state index contributed by atoms with van der Waals surface area (Å²) in [6.45, 7) is 7.17. The van der Waals surface area contributed by atoms with Crippen molar-refractivity contribution in [2.24, 2.45) is 5.41 Å². The van der Waals surface area contributed by atoms with Crippen LogP contribution in [0.15, 0.2) is 0 Å². The third-order valence-corrected chi connectivity index (χ3v) is 2.88. The number of carbonyl (C=O) groups excluding carboxylic acids is 1. The van der Waals surface area contributed by atoms with Gasteiger partial charge >= 0.3 is 6.09 Å². The quantitative estimate of drug-likeness (QED) is 0.655. The number of hydrogen-bond acceptors (Lipinski definition) is 3. The highest BCUT2D eigenvalue weighted by atomic mass is 19.1. The molecule has 0 aromatic carbocycles. The van der Waals surface area contributed by atoms with Gasteiger partial charge in [-0.15, -0.1) is 0 Å². The van der Waals surface area contributed by atoms with Crippen molar-refractivity contribution < 1.29 is 13.9 Å². The Labute approximate surface area is 101 Å². The lowest BCUT2D eigenvalue weighted by atomic mass is 9.80. The van der Waals surface area contributed by atoms with Gasteiger partial charge in [-0.3, -0.25) is 0 Å². The highest BCUT2D eigenvalue weighted by Crippen LogP contribution is 2.33. The average Bonchev–Trinajstić information content (AvgIpc) is 2.19. The van der Waals surface area contributed by atoms with Crippen LogP contribution < -0.4 is 0 Å². The number of carbonyl (C=O) groups is 1. The molecule has 0 aliphatic carbocycles. The van der Waals surface area contributed by atoms with E-state index >= 15 is 0 Å². The number of rotatable bonds is 0. The average molecular weight is 242 g/mol. The smallest absolute Gasteiger partial charge is 0.410 e. The number of piperidine rings is 1. The predicted molar refractivity (Wildman–Crippen MR) is 61.0 cm³/mol. The van der Waals surface area contributed by atoms with E-state index in [2.05, 4.69) is 0 Å². The molecular weight excluding hydrogens is 223 g/mol. The molecule has 1 rings (SSSR count). The fourth-order valence-electron chi connectivity index (χ4n) is 1.63. The molecule has 0 aromatic rings. The van der Waals surface area contributed by atoms with Gasteiger partial charge in [-0.2, -0.15) is 5.26 Å². The summed E-state index contributed by atoms with van der Waals surface area (Å²) in [5.41, 5.74) is -1.57. The van der Waals surface area contributed by atoms with Crippen molar-refractivity contribution in [3.8, 4) is 6.07 Å². The lowest BCUT2D eigenvalue weighted by molar-refractivity contribution is -0.00193. The molecule has 5 heteroatoms. The standard InChI is InChI=1S/C12H19FN2O2/c1-11(2,3)17-10(16)15-6-5-12(4,8-14)9(13)7-15/h9H,5-7H2,1-4H3. The first kappa shape index (κ1) is 13.8. The lowest BCUT2D eigenvalue weighted by Gasteiger charge is -2.38. The molecule has 0 bridgehead atoms. The monoisotopic (exact) mass is 242 g/mol. The van der Waals surface area contributed by atoms with Gasteiger partial charge in [-0.1, -0.05) is 0 Å². The summed E-state index contributed by atoms with van der Waals surface area (Å²) in [5, 5.41) is 8.91. The van der Waals surface area contributed by atoms with Crippen LogP contribution in [0, 0.1) is 16.7 Å². The molecule has 0 spiro atoms. The minimum atomic E-state index is -1.33. The maximum absolute atomic E-state index is 13.8. The van der Waals surface area contributed by atoms with Crippen molar-refractivity contribution in [1.29, 1.82) is 5.26 Å². The van der Waals surface area contributed by atoms with Crippen LogP contribution in [-0.4, -0.2) is 35.9 Å². The van der Waals surface area contributed by atoms with Crippen LogP contribution in [0.3, 0.4) is 0 Å². The van der Waals surface area contributed by atoms with Crippen molar-refractivity contribution in [3.63, 3.8) is 0 Å². The van der Waals surface area contributed by atoms with Crippen LogP contribution in [0.25, 0.3) is 0 Å². The predicted octanol–water partition coefficient (Wildman–Crippen LogP) is 2.50. The van der Waals surface area contributed by atoms with E-state index in [1.165, 1.54) is 4.90 Å². The molecule has 1 aliphatic rings. The highest BCUT2D eigenvalue weighted by molar-refractivity contribution is 5.68. The number of likely N-dealkylation sites (tertiary alicyclic amines) is 1. The summed E-state index contributed by atoms with van der Waals surface area (Å²) >= 11 is 0. The third kappa shape index (κ3) is 3.32. The fraction of sp³-hybridized carbons (Fsp3) is 0.833. The van der Waals surface area contributed by atoms with Gasteiger partial charge in [0.2, 0.25) is 0 Å². The molecular formula is C12H19FN2O2. The van der Waals surface area contributed by atoms with Crippen LogP contribution in [0.1, 0.15) is 34.1 Å². The van der Waals surface area contributed by atoms with Crippen molar-refractivity contribution in [2.45, 2.75) is 45.9 Å². The van der Waals surface area contributed by atoms with Gasteiger partial charge in [0.25, 0.3) is 0 Å². The summed E-state index contributed by atoms with van der Waals surface area (Å²) in [7, 11) is 0. The molecule has 17 heavy (non-hydrogen) atoms. The lowest BCUT2D eigenvalue weighted by Crippen LogP contribution is -2.50. The maximum atomic E-state index is 13.8. The summed E-state index contributed by atoms with van der Waals surface area (Å²) in [6, 6.07) is 1.98. The molecule has 0 N–H and O–H groups in total. The van der Waals surface area contributed by atoms with Crippen molar-refractivity contribution in [2.75, 3.05) is 13.1 Å². The maximum Gasteiger partial charge on any atom is 0.410 e. The molecule has 1 amide bonds. The Morgan fingerprint density at radius 3 is 2.59 bits per heavy atom. The SMILES string of the molecule is CC(C)(C)OC(=O)N1CCC(C)(C#N)C(F)C1. The highest BCUT2D eigenvalue weighted by Gasteiger charge is 2.42. The van der Waals surface area contributed by atoms with E-state index < -0.39 is 23.3 Å². The second kappa shape index (κ2) is 4.52. The van der Waals surface area contributed by atoms with Crippen LogP contribution in [0.5, 0.6) is 0 Å². The molecule has 1 heterocycles. The van der Waals surface area contributed by atoms with Gasteiger partial charge in [-0.05, 0) is 34.1 Å². The number of nitriles is 1. The van der Waals surface area contributed by atoms with E-state index in [1.54, 1.807) is 27.7 Å². The normalized spacial score (nSPS) is 29.6. The second-order valence-corrected chi connectivity index (χ2v) is 5.67. The number of ether oxygens (including phenoxy) is 1. The largest absolute Gasteiger partial charge is 0.444 e. The summed E-state index contributed by atoms with van der Waals surface area (Å²) < 4.78 is 19.0. The van der Waals surface area contributed by atoms with Crippen LogP contribution in [0.4, 0.5) is 9.18 Å². The fourth-order valence-corrected chi connectivity index (χ4v) is 1.63. The Bertz CT molecular complexity index is 345. The van der Waals surface area contributed by atoms with Gasteiger partial charge in [0.05, 0.1) is 18.0 Å². The zero-order valence-electron chi connectivity index (χ0n) is 10.8. The Morgan fingerprint density at radius 1 is 1.59 bits per heavy atom.